The van der Waals surface area contributed by atoms with Crippen molar-refractivity contribution in [3.05, 3.63) is 97.2 Å². The Hall–Kier alpha value is -3.67. The van der Waals surface area contributed by atoms with Crippen molar-refractivity contribution in [1.82, 2.24) is 0 Å². The third kappa shape index (κ3) is 67.0. The van der Waals surface area contributed by atoms with E-state index in [0.717, 1.165) is 128 Å². The van der Waals surface area contributed by atoms with Gasteiger partial charge in [0.25, 0.3) is 0 Å². The lowest BCUT2D eigenvalue weighted by atomic mass is 10.0. The Morgan fingerprint density at radius 2 is 0.506 bits per heavy atom. The molecule has 81 heavy (non-hydrogen) atoms. The predicted molar refractivity (Wildman–Crippen MR) is 353 cm³/mol. The number of allylic oxidation sites excluding steroid dienone is 16. The summed E-state index contributed by atoms with van der Waals surface area (Å²) in [5.74, 6) is -0.890. The second-order valence-corrected chi connectivity index (χ2v) is 23.1. The highest BCUT2D eigenvalue weighted by Gasteiger charge is 2.19. The number of carbonyl (C=O) groups is 3. The van der Waals surface area contributed by atoms with Crippen LogP contribution in [0.5, 0.6) is 0 Å². The molecule has 6 nitrogen and oxygen atoms in total. The first kappa shape index (κ1) is 77.3. The number of esters is 3. The zero-order valence-corrected chi connectivity index (χ0v) is 53.5. The zero-order valence-electron chi connectivity index (χ0n) is 53.5. The molecule has 1 unspecified atom stereocenters. The van der Waals surface area contributed by atoms with Gasteiger partial charge >= 0.3 is 17.9 Å². The standard InChI is InChI=1S/C75H130O6/c1-4-7-10-13-16-19-22-25-27-28-29-30-31-32-33-34-35-36-37-38-39-40-41-42-43-44-45-46-48-50-53-56-59-62-65-68-74(77)80-71-72(70-79-73(76)67-64-61-58-55-52-49-24-21-18-15-12-9-6-3)81-75(78)69-66-63-60-57-54-51-47-26-23-20-17-14-11-8-5-2/h7,10,12,15-16,19,21,24-27,29-30,32-33,47,72H,4-6,8-9,11,13-14,17-18,20,22-23,28,31,34-46,48-71H2,1-3H3/b10-7-,15-12-,19-16-,24-21-,27-25-,30-29-,33-32-,47-26-. The van der Waals surface area contributed by atoms with E-state index in [1.54, 1.807) is 0 Å². The first-order valence-electron chi connectivity index (χ1n) is 34.7. The highest BCUT2D eigenvalue weighted by atomic mass is 16.6. The van der Waals surface area contributed by atoms with Crippen LogP contribution in [-0.4, -0.2) is 37.2 Å². The number of ether oxygens (including phenoxy) is 3. The van der Waals surface area contributed by atoms with Crippen molar-refractivity contribution in [1.29, 1.82) is 0 Å². The maximum absolute atomic E-state index is 12.9. The monoisotopic (exact) mass is 1130 g/mol. The van der Waals surface area contributed by atoms with Crippen molar-refractivity contribution < 1.29 is 28.6 Å². The van der Waals surface area contributed by atoms with Gasteiger partial charge in [-0.05, 0) is 116 Å². The van der Waals surface area contributed by atoms with Crippen molar-refractivity contribution >= 4 is 17.9 Å². The molecule has 0 aromatic heterocycles. The van der Waals surface area contributed by atoms with Crippen LogP contribution in [0.1, 0.15) is 342 Å². The third-order valence-electron chi connectivity index (χ3n) is 15.0. The number of hydrogen-bond acceptors (Lipinski definition) is 6. The Bertz CT molecular complexity index is 1580. The number of rotatable bonds is 63. The number of hydrogen-bond donors (Lipinski definition) is 0. The lowest BCUT2D eigenvalue weighted by Gasteiger charge is -2.18. The molecule has 0 aromatic carbocycles. The first-order valence-corrected chi connectivity index (χ1v) is 34.7. The van der Waals surface area contributed by atoms with Crippen LogP contribution in [0.3, 0.4) is 0 Å². The molecule has 0 radical (unpaired) electrons. The van der Waals surface area contributed by atoms with Crippen LogP contribution in [0, 0.1) is 0 Å². The molecular weight excluding hydrogens is 997 g/mol. The van der Waals surface area contributed by atoms with Gasteiger partial charge in [0.2, 0.25) is 0 Å². The van der Waals surface area contributed by atoms with Crippen LogP contribution in [-0.2, 0) is 28.6 Å². The van der Waals surface area contributed by atoms with E-state index in [1.807, 2.05) is 0 Å². The lowest BCUT2D eigenvalue weighted by Crippen LogP contribution is -2.30. The molecule has 0 bridgehead atoms. The van der Waals surface area contributed by atoms with Crippen LogP contribution >= 0.6 is 0 Å². The molecule has 0 saturated carbocycles. The first-order chi connectivity index (χ1) is 40.0. The predicted octanol–water partition coefficient (Wildman–Crippen LogP) is 24.0. The molecule has 0 N–H and O–H groups in total. The summed E-state index contributed by atoms with van der Waals surface area (Å²) < 4.78 is 16.9. The highest BCUT2D eigenvalue weighted by Crippen LogP contribution is 2.17. The minimum absolute atomic E-state index is 0.0813. The Morgan fingerprint density at radius 1 is 0.259 bits per heavy atom. The quantitative estimate of drug-likeness (QED) is 0.0261. The number of carbonyl (C=O) groups excluding carboxylic acids is 3. The van der Waals surface area contributed by atoms with Gasteiger partial charge in [0.1, 0.15) is 13.2 Å². The smallest absolute Gasteiger partial charge is 0.306 e. The molecule has 466 valence electrons. The van der Waals surface area contributed by atoms with Gasteiger partial charge in [-0.1, -0.05) is 304 Å². The second kappa shape index (κ2) is 68.8. The minimum atomic E-state index is -0.786. The summed E-state index contributed by atoms with van der Waals surface area (Å²) in [6.45, 7) is 6.47. The van der Waals surface area contributed by atoms with E-state index in [0.29, 0.717) is 19.3 Å². The Balaban J connectivity index is 4.12. The average molecular weight is 1130 g/mol. The molecule has 0 heterocycles. The molecule has 0 rings (SSSR count). The SMILES string of the molecule is CC/C=C\C/C=C\C/C=C\C/C=C\C/C=C\CCCCCCCCCCCCCCCCCCCCCC(=O)OCC(COC(=O)CCCCCCC/C=C\C/C=C\CCC)OC(=O)CCCCCCC/C=C\CCCCCCCC. The molecule has 0 amide bonds. The fourth-order valence-corrected chi connectivity index (χ4v) is 9.86. The fourth-order valence-electron chi connectivity index (χ4n) is 9.86. The molecule has 1 atom stereocenters. The van der Waals surface area contributed by atoms with Gasteiger partial charge in [-0.3, -0.25) is 14.4 Å². The van der Waals surface area contributed by atoms with Gasteiger partial charge < -0.3 is 14.2 Å². The summed E-state index contributed by atoms with van der Waals surface area (Å²) in [5.41, 5.74) is 0. The van der Waals surface area contributed by atoms with Gasteiger partial charge in [-0.2, -0.15) is 0 Å². The molecule has 0 saturated heterocycles. The van der Waals surface area contributed by atoms with Gasteiger partial charge in [-0.25, -0.2) is 0 Å². The zero-order chi connectivity index (χ0) is 58.5. The molecule has 0 fully saturated rings. The molecule has 0 aromatic rings. The number of unbranched alkanes of at least 4 members (excludes halogenated alkanes) is 36. The van der Waals surface area contributed by atoms with Crippen LogP contribution in [0.4, 0.5) is 0 Å². The Labute approximate surface area is 502 Å². The lowest BCUT2D eigenvalue weighted by molar-refractivity contribution is -0.167. The van der Waals surface area contributed by atoms with E-state index < -0.39 is 6.10 Å². The molecule has 0 aliphatic carbocycles. The van der Waals surface area contributed by atoms with E-state index in [9.17, 15) is 14.4 Å². The molecule has 6 heteroatoms. The van der Waals surface area contributed by atoms with Crippen LogP contribution in [0.2, 0.25) is 0 Å². The third-order valence-corrected chi connectivity index (χ3v) is 15.0. The Morgan fingerprint density at radius 3 is 0.815 bits per heavy atom. The van der Waals surface area contributed by atoms with Crippen LogP contribution in [0.15, 0.2) is 97.2 Å². The van der Waals surface area contributed by atoms with Gasteiger partial charge in [0, 0.05) is 19.3 Å². The summed E-state index contributed by atoms with van der Waals surface area (Å²) >= 11 is 0. The van der Waals surface area contributed by atoms with E-state index in [2.05, 4.69) is 118 Å². The van der Waals surface area contributed by atoms with Gasteiger partial charge in [-0.15, -0.1) is 0 Å². The van der Waals surface area contributed by atoms with Gasteiger partial charge in [0.15, 0.2) is 6.10 Å². The average Bonchev–Trinajstić information content (AvgIpc) is 3.46. The topological polar surface area (TPSA) is 78.9 Å². The summed E-state index contributed by atoms with van der Waals surface area (Å²) in [5, 5.41) is 0. The van der Waals surface area contributed by atoms with Crippen molar-refractivity contribution in [2.75, 3.05) is 13.2 Å². The second-order valence-electron chi connectivity index (χ2n) is 23.1. The summed E-state index contributed by atoms with van der Waals surface area (Å²) in [6, 6.07) is 0. The van der Waals surface area contributed by atoms with E-state index in [-0.39, 0.29) is 31.1 Å². The fraction of sp³-hybridized carbons (Fsp3) is 0.747. The normalized spacial score (nSPS) is 12.7. The summed E-state index contributed by atoms with van der Waals surface area (Å²) in [6.07, 6.45) is 93.0. The van der Waals surface area contributed by atoms with Crippen molar-refractivity contribution in [2.24, 2.45) is 0 Å². The van der Waals surface area contributed by atoms with E-state index >= 15 is 0 Å². The summed E-state index contributed by atoms with van der Waals surface area (Å²) in [7, 11) is 0. The molecule has 0 aliphatic heterocycles. The Kier molecular flexibility index (Phi) is 65.7. The van der Waals surface area contributed by atoms with E-state index in [1.165, 1.54) is 173 Å². The molecule has 0 spiro atoms. The summed E-state index contributed by atoms with van der Waals surface area (Å²) in [4.78, 5) is 38.3. The maximum Gasteiger partial charge on any atom is 0.306 e. The van der Waals surface area contributed by atoms with Crippen LogP contribution < -0.4 is 0 Å². The molecule has 0 aliphatic rings. The van der Waals surface area contributed by atoms with Crippen molar-refractivity contribution in [3.8, 4) is 0 Å². The largest absolute Gasteiger partial charge is 0.462 e. The highest BCUT2D eigenvalue weighted by molar-refractivity contribution is 5.71. The minimum Gasteiger partial charge on any atom is -0.462 e. The molecular formula is C75H130O6. The maximum atomic E-state index is 12.9. The van der Waals surface area contributed by atoms with E-state index in [4.69, 9.17) is 14.2 Å². The van der Waals surface area contributed by atoms with Crippen LogP contribution in [0.25, 0.3) is 0 Å². The van der Waals surface area contributed by atoms with Gasteiger partial charge in [0.05, 0.1) is 0 Å². The van der Waals surface area contributed by atoms with Crippen molar-refractivity contribution in [2.45, 2.75) is 348 Å². The van der Waals surface area contributed by atoms with Crippen molar-refractivity contribution in [3.63, 3.8) is 0 Å².